The van der Waals surface area contributed by atoms with E-state index in [1.807, 2.05) is 0 Å². The van der Waals surface area contributed by atoms with Crippen molar-refractivity contribution in [2.24, 2.45) is 0 Å². The summed E-state index contributed by atoms with van der Waals surface area (Å²) < 4.78 is 14.2. The van der Waals surface area contributed by atoms with Gasteiger partial charge in [-0.25, -0.2) is 0 Å². The second kappa shape index (κ2) is 1.78. The van der Waals surface area contributed by atoms with Crippen molar-refractivity contribution in [1.29, 1.82) is 0 Å². The van der Waals surface area contributed by atoms with E-state index in [1.54, 1.807) is 14.2 Å². The maximum atomic E-state index is 4.77. The molecule has 42 valence electrons. The Labute approximate surface area is 42.2 Å². The summed E-state index contributed by atoms with van der Waals surface area (Å²) in [5, 5.41) is 0. The van der Waals surface area contributed by atoms with E-state index in [9.17, 15) is 0 Å². The Bertz CT molecular complexity index is 56.0. The number of hydrogen-bond acceptors (Lipinski definition) is 3. The molecule has 1 aliphatic heterocycles. The summed E-state index contributed by atoms with van der Waals surface area (Å²) in [6, 6.07) is 0. The van der Waals surface area contributed by atoms with Crippen LogP contribution in [0, 0.1) is 0 Å². The van der Waals surface area contributed by atoms with Crippen LogP contribution >= 0.6 is 0 Å². The molecule has 0 aliphatic carbocycles. The molecule has 1 heterocycles. The summed E-state index contributed by atoms with van der Waals surface area (Å²) >= 11 is 0. The standard InChI is InChI=1S/C4H8O3/c1-5-3-4(6-2)7-3/h3-4H,1-2H3/t3-,4-/m0/s1. The predicted molar refractivity (Wildman–Crippen MR) is 22.7 cm³/mol. The van der Waals surface area contributed by atoms with Crippen LogP contribution in [0.4, 0.5) is 0 Å². The molecule has 3 heteroatoms. The average Bonchev–Trinajstić information content (AvgIpc) is 2.43. The largest absolute Gasteiger partial charge is 0.351 e. The molecule has 1 saturated heterocycles. The zero-order valence-electron chi connectivity index (χ0n) is 4.38. The lowest BCUT2D eigenvalue weighted by molar-refractivity contribution is 0.0935. The molecule has 0 saturated carbocycles. The Hall–Kier alpha value is -0.120. The van der Waals surface area contributed by atoms with Crippen LogP contribution in [0.25, 0.3) is 0 Å². The lowest BCUT2D eigenvalue weighted by Crippen LogP contribution is -1.96. The molecular formula is C4H8O3. The quantitative estimate of drug-likeness (QED) is 0.460. The third-order valence-electron chi connectivity index (χ3n) is 0.878. The summed E-state index contributed by atoms with van der Waals surface area (Å²) in [4.78, 5) is 0. The number of ether oxygens (including phenoxy) is 3. The zero-order valence-corrected chi connectivity index (χ0v) is 4.38. The van der Waals surface area contributed by atoms with E-state index in [-0.39, 0.29) is 12.6 Å². The molecule has 1 fully saturated rings. The van der Waals surface area contributed by atoms with Gasteiger partial charge in [-0.3, -0.25) is 0 Å². The molecule has 0 N–H and O–H groups in total. The van der Waals surface area contributed by atoms with Gasteiger partial charge in [0, 0.05) is 14.2 Å². The van der Waals surface area contributed by atoms with E-state index in [0.717, 1.165) is 0 Å². The van der Waals surface area contributed by atoms with E-state index in [0.29, 0.717) is 0 Å². The fourth-order valence-electron chi connectivity index (χ4n) is 0.420. The third-order valence-corrected chi connectivity index (χ3v) is 0.878. The average molecular weight is 104 g/mol. The topological polar surface area (TPSA) is 31.0 Å². The molecule has 0 amide bonds. The van der Waals surface area contributed by atoms with Crippen molar-refractivity contribution in [1.82, 2.24) is 0 Å². The molecular weight excluding hydrogens is 96.0 g/mol. The number of hydrogen-bond donors (Lipinski definition) is 0. The van der Waals surface area contributed by atoms with Crippen LogP contribution in [-0.4, -0.2) is 26.8 Å². The van der Waals surface area contributed by atoms with Crippen molar-refractivity contribution >= 4 is 0 Å². The van der Waals surface area contributed by atoms with E-state index >= 15 is 0 Å². The van der Waals surface area contributed by atoms with E-state index in [4.69, 9.17) is 14.2 Å². The molecule has 0 aromatic rings. The van der Waals surface area contributed by atoms with Gasteiger partial charge in [0.2, 0.25) is 12.6 Å². The molecule has 0 aromatic carbocycles. The Morgan fingerprint density at radius 1 is 1.14 bits per heavy atom. The number of epoxide rings is 1. The van der Waals surface area contributed by atoms with Crippen LogP contribution in [-0.2, 0) is 14.2 Å². The van der Waals surface area contributed by atoms with Crippen LogP contribution in [0.3, 0.4) is 0 Å². The van der Waals surface area contributed by atoms with Crippen LogP contribution in [0.1, 0.15) is 0 Å². The third kappa shape index (κ3) is 0.907. The highest BCUT2D eigenvalue weighted by atomic mass is 16.9. The van der Waals surface area contributed by atoms with Crippen LogP contribution < -0.4 is 0 Å². The SMILES string of the molecule is CO[C@H]1O[C@@H]1OC. The van der Waals surface area contributed by atoms with Gasteiger partial charge in [-0.1, -0.05) is 0 Å². The summed E-state index contributed by atoms with van der Waals surface area (Å²) in [5.74, 6) is 0. The second-order valence-electron chi connectivity index (χ2n) is 1.34. The molecule has 0 bridgehead atoms. The van der Waals surface area contributed by atoms with E-state index < -0.39 is 0 Å². The molecule has 3 nitrogen and oxygen atoms in total. The first-order valence-corrected chi connectivity index (χ1v) is 2.09. The highest BCUT2D eigenvalue weighted by Crippen LogP contribution is 2.21. The van der Waals surface area contributed by atoms with Crippen LogP contribution in [0.15, 0.2) is 0 Å². The van der Waals surface area contributed by atoms with Gasteiger partial charge in [-0.05, 0) is 0 Å². The smallest absolute Gasteiger partial charge is 0.212 e. The first-order valence-electron chi connectivity index (χ1n) is 2.09. The zero-order chi connectivity index (χ0) is 5.28. The van der Waals surface area contributed by atoms with Gasteiger partial charge in [0.1, 0.15) is 0 Å². The molecule has 2 atom stereocenters. The number of rotatable bonds is 2. The maximum Gasteiger partial charge on any atom is 0.212 e. The Morgan fingerprint density at radius 3 is 1.71 bits per heavy atom. The molecule has 1 rings (SSSR count). The highest BCUT2D eigenvalue weighted by molar-refractivity contribution is 4.63. The molecule has 0 unspecified atom stereocenters. The fourth-order valence-corrected chi connectivity index (χ4v) is 0.420. The Kier molecular flexibility index (Phi) is 1.27. The van der Waals surface area contributed by atoms with Gasteiger partial charge in [-0.2, -0.15) is 0 Å². The first kappa shape index (κ1) is 5.03. The van der Waals surface area contributed by atoms with Crippen molar-refractivity contribution in [2.45, 2.75) is 12.6 Å². The van der Waals surface area contributed by atoms with Crippen molar-refractivity contribution in [2.75, 3.05) is 14.2 Å². The minimum atomic E-state index is -0.106. The predicted octanol–water partition coefficient (Wildman–Crippen LogP) is -0.0384. The van der Waals surface area contributed by atoms with Crippen molar-refractivity contribution < 1.29 is 14.2 Å². The van der Waals surface area contributed by atoms with Crippen LogP contribution in [0.5, 0.6) is 0 Å². The summed E-state index contributed by atoms with van der Waals surface area (Å²) in [7, 11) is 3.17. The molecule has 0 radical (unpaired) electrons. The molecule has 0 aromatic heterocycles. The van der Waals surface area contributed by atoms with Gasteiger partial charge in [0.15, 0.2) is 0 Å². The Balaban J connectivity index is 2.06. The van der Waals surface area contributed by atoms with Gasteiger partial charge in [0.25, 0.3) is 0 Å². The summed E-state index contributed by atoms with van der Waals surface area (Å²) in [6.07, 6.45) is -0.213. The monoisotopic (exact) mass is 104 g/mol. The molecule has 1 aliphatic rings. The molecule has 7 heavy (non-hydrogen) atoms. The Morgan fingerprint density at radius 2 is 1.57 bits per heavy atom. The molecule has 0 spiro atoms. The lowest BCUT2D eigenvalue weighted by atomic mass is 10.8. The van der Waals surface area contributed by atoms with Crippen molar-refractivity contribution in [3.05, 3.63) is 0 Å². The van der Waals surface area contributed by atoms with Crippen molar-refractivity contribution in [3.63, 3.8) is 0 Å². The van der Waals surface area contributed by atoms with Crippen LogP contribution in [0.2, 0.25) is 0 Å². The lowest BCUT2D eigenvalue weighted by Gasteiger charge is -1.84. The summed E-state index contributed by atoms with van der Waals surface area (Å²) in [5.41, 5.74) is 0. The van der Waals surface area contributed by atoms with E-state index in [1.165, 1.54) is 0 Å². The first-order chi connectivity index (χ1) is 3.38. The van der Waals surface area contributed by atoms with Crippen molar-refractivity contribution in [3.8, 4) is 0 Å². The highest BCUT2D eigenvalue weighted by Gasteiger charge is 2.39. The van der Waals surface area contributed by atoms with Gasteiger partial charge in [-0.15, -0.1) is 0 Å². The normalized spacial score (nSPS) is 38.6. The number of methoxy groups -OCH3 is 2. The minimum Gasteiger partial charge on any atom is -0.351 e. The fraction of sp³-hybridized carbons (Fsp3) is 1.00. The second-order valence-corrected chi connectivity index (χ2v) is 1.34. The summed E-state index contributed by atoms with van der Waals surface area (Å²) in [6.45, 7) is 0. The van der Waals surface area contributed by atoms with Gasteiger partial charge in [0.05, 0.1) is 0 Å². The van der Waals surface area contributed by atoms with E-state index in [2.05, 4.69) is 0 Å². The van der Waals surface area contributed by atoms with Gasteiger partial charge >= 0.3 is 0 Å². The van der Waals surface area contributed by atoms with Gasteiger partial charge < -0.3 is 14.2 Å². The maximum absolute atomic E-state index is 4.77. The minimum absolute atomic E-state index is 0.106.